The molecule has 0 unspecified atom stereocenters. The van der Waals surface area contributed by atoms with Gasteiger partial charge in [0.15, 0.2) is 9.43 Å². The number of thiocarbonyl (C=S) groups is 2. The van der Waals surface area contributed by atoms with E-state index in [0.717, 1.165) is 23.2 Å². The number of halogens is 1. The number of hydrogen-bond acceptors (Lipinski definition) is 6. The molecular weight excluding hydrogens is 512 g/mol. The highest BCUT2D eigenvalue weighted by molar-refractivity contribution is 8.27. The van der Waals surface area contributed by atoms with E-state index in [-0.39, 0.29) is 16.6 Å². The summed E-state index contributed by atoms with van der Waals surface area (Å²) >= 11 is 18.1. The van der Waals surface area contributed by atoms with Crippen molar-refractivity contribution in [1.29, 1.82) is 0 Å². The van der Waals surface area contributed by atoms with Crippen LogP contribution in [0.2, 0.25) is 5.02 Å². The Hall–Kier alpha value is -2.92. The lowest BCUT2D eigenvalue weighted by Crippen LogP contribution is -2.30. The fraction of sp³-hybridized carbons (Fsp3) is 0.130. The Bertz CT molecular complexity index is 1360. The van der Waals surface area contributed by atoms with E-state index in [4.69, 9.17) is 40.8 Å². The number of carbonyl (C=O) groups is 1. The summed E-state index contributed by atoms with van der Waals surface area (Å²) in [5.41, 5.74) is 1.61. The normalized spacial score (nSPS) is 14.7. The SMILES string of the molecule is CCOc1ccc(NC(=S)n2c(C)cc(=O)n2/C=C2\SC(=S)N(c3ccc(Cl)cc3)C2=O)cc1. The van der Waals surface area contributed by atoms with Crippen LogP contribution in [0.15, 0.2) is 64.3 Å². The fourth-order valence-electron chi connectivity index (χ4n) is 3.31. The molecule has 1 amide bonds. The highest BCUT2D eigenvalue weighted by Gasteiger charge is 2.34. The maximum absolute atomic E-state index is 13.1. The van der Waals surface area contributed by atoms with Crippen LogP contribution in [-0.2, 0) is 4.79 Å². The number of thioether (sulfide) groups is 1. The smallest absolute Gasteiger partial charge is 0.272 e. The second-order valence-electron chi connectivity index (χ2n) is 7.15. The molecule has 34 heavy (non-hydrogen) atoms. The zero-order valence-corrected chi connectivity index (χ0v) is 21.4. The lowest BCUT2D eigenvalue weighted by Gasteiger charge is -2.15. The first-order chi connectivity index (χ1) is 16.3. The first kappa shape index (κ1) is 24.2. The molecule has 0 spiro atoms. The largest absolute Gasteiger partial charge is 0.494 e. The number of anilines is 2. The average molecular weight is 531 g/mol. The number of aromatic nitrogens is 2. The number of benzene rings is 2. The van der Waals surface area contributed by atoms with Gasteiger partial charge >= 0.3 is 0 Å². The molecular formula is C23H19ClN4O3S3. The Morgan fingerprint density at radius 3 is 2.47 bits per heavy atom. The predicted molar refractivity (Wildman–Crippen MR) is 146 cm³/mol. The standard InChI is InChI=1S/C23H19ClN4O3S3/c1-3-31-18-10-6-16(7-11-18)25-22(32)28-14(2)12-20(29)26(28)13-19-21(30)27(23(33)34-19)17-8-4-15(24)5-9-17/h4-13H,3H2,1-2H3,(H,25,32)/b19-13-. The van der Waals surface area contributed by atoms with Gasteiger partial charge in [0.2, 0.25) is 0 Å². The third-order valence-corrected chi connectivity index (χ3v) is 6.65. The van der Waals surface area contributed by atoms with Crippen LogP contribution in [0.5, 0.6) is 5.75 Å². The van der Waals surface area contributed by atoms with E-state index in [1.807, 2.05) is 31.2 Å². The molecule has 3 aromatic rings. The number of nitrogens with one attached hydrogen (secondary N) is 1. The molecule has 0 bridgehead atoms. The van der Waals surface area contributed by atoms with Crippen molar-refractivity contribution >= 4 is 80.7 Å². The quantitative estimate of drug-likeness (QED) is 0.363. The summed E-state index contributed by atoms with van der Waals surface area (Å²) in [6.07, 6.45) is 1.46. The average Bonchev–Trinajstić information content (AvgIpc) is 3.24. The number of rotatable bonds is 5. The molecule has 0 atom stereocenters. The molecule has 1 aliphatic heterocycles. The Morgan fingerprint density at radius 2 is 1.82 bits per heavy atom. The predicted octanol–water partition coefficient (Wildman–Crippen LogP) is 5.12. The van der Waals surface area contributed by atoms with Crippen molar-refractivity contribution < 1.29 is 9.53 Å². The molecule has 0 saturated carbocycles. The van der Waals surface area contributed by atoms with Crippen molar-refractivity contribution in [2.24, 2.45) is 0 Å². The van der Waals surface area contributed by atoms with Crippen LogP contribution in [0.4, 0.5) is 11.4 Å². The Labute approximate surface area is 215 Å². The Morgan fingerprint density at radius 1 is 1.15 bits per heavy atom. The van der Waals surface area contributed by atoms with Crippen molar-refractivity contribution in [1.82, 2.24) is 9.36 Å². The van der Waals surface area contributed by atoms with Gasteiger partial charge in [0, 0.05) is 22.5 Å². The van der Waals surface area contributed by atoms with Crippen molar-refractivity contribution in [3.8, 4) is 5.75 Å². The zero-order chi connectivity index (χ0) is 24.4. The molecule has 1 aromatic heterocycles. The van der Waals surface area contributed by atoms with Gasteiger partial charge in [-0.2, -0.15) is 0 Å². The molecule has 1 fully saturated rings. The molecule has 1 aliphatic rings. The van der Waals surface area contributed by atoms with Crippen LogP contribution in [-0.4, -0.2) is 31.3 Å². The highest BCUT2D eigenvalue weighted by Crippen LogP contribution is 2.35. The highest BCUT2D eigenvalue weighted by atomic mass is 35.5. The zero-order valence-electron chi connectivity index (χ0n) is 18.1. The maximum atomic E-state index is 13.1. The molecule has 0 radical (unpaired) electrons. The van der Waals surface area contributed by atoms with E-state index in [2.05, 4.69) is 5.32 Å². The molecule has 7 nitrogen and oxygen atoms in total. The van der Waals surface area contributed by atoms with Gasteiger partial charge in [-0.3, -0.25) is 14.5 Å². The summed E-state index contributed by atoms with van der Waals surface area (Å²) in [5.74, 6) is 0.413. The summed E-state index contributed by atoms with van der Waals surface area (Å²) < 4.78 is 8.64. The first-order valence-corrected chi connectivity index (χ1v) is 12.2. The van der Waals surface area contributed by atoms with E-state index >= 15 is 0 Å². The molecule has 174 valence electrons. The van der Waals surface area contributed by atoms with Crippen LogP contribution in [0, 0.1) is 6.92 Å². The number of amides is 1. The van der Waals surface area contributed by atoms with Gasteiger partial charge in [0.05, 0.1) is 23.4 Å². The Kier molecular flexibility index (Phi) is 7.22. The maximum Gasteiger partial charge on any atom is 0.272 e. The van der Waals surface area contributed by atoms with Crippen molar-refractivity contribution in [3.05, 3.63) is 80.6 Å². The van der Waals surface area contributed by atoms with E-state index in [1.54, 1.807) is 31.2 Å². The van der Waals surface area contributed by atoms with Crippen molar-refractivity contribution in [2.45, 2.75) is 13.8 Å². The van der Waals surface area contributed by atoms with Gasteiger partial charge in [0.25, 0.3) is 11.5 Å². The van der Waals surface area contributed by atoms with E-state index in [1.165, 1.54) is 26.5 Å². The van der Waals surface area contributed by atoms with Gasteiger partial charge in [0.1, 0.15) is 5.75 Å². The van der Waals surface area contributed by atoms with Gasteiger partial charge < -0.3 is 10.1 Å². The summed E-state index contributed by atoms with van der Waals surface area (Å²) in [6.45, 7) is 4.25. The van der Waals surface area contributed by atoms with Crippen LogP contribution in [0.25, 0.3) is 6.20 Å². The molecule has 1 saturated heterocycles. The number of ether oxygens (including phenoxy) is 1. The van der Waals surface area contributed by atoms with Crippen LogP contribution >= 0.6 is 47.8 Å². The van der Waals surface area contributed by atoms with E-state index < -0.39 is 0 Å². The van der Waals surface area contributed by atoms with E-state index in [0.29, 0.717) is 32.2 Å². The van der Waals surface area contributed by atoms with E-state index in [9.17, 15) is 9.59 Å². The van der Waals surface area contributed by atoms with Gasteiger partial charge in [-0.1, -0.05) is 35.6 Å². The second-order valence-corrected chi connectivity index (χ2v) is 9.65. The summed E-state index contributed by atoms with van der Waals surface area (Å²) in [6, 6.07) is 15.6. The fourth-order valence-corrected chi connectivity index (χ4v) is 5.05. The van der Waals surface area contributed by atoms with Crippen LogP contribution in [0.3, 0.4) is 0 Å². The monoisotopic (exact) mass is 530 g/mol. The van der Waals surface area contributed by atoms with Gasteiger partial charge in [-0.15, -0.1) is 0 Å². The summed E-state index contributed by atoms with van der Waals surface area (Å²) in [7, 11) is 0. The lowest BCUT2D eigenvalue weighted by atomic mass is 10.3. The number of aryl methyl sites for hydroxylation is 1. The van der Waals surface area contributed by atoms with Crippen LogP contribution in [0.1, 0.15) is 12.6 Å². The minimum atomic E-state index is -0.333. The minimum absolute atomic E-state index is 0.271. The van der Waals surface area contributed by atoms with Crippen molar-refractivity contribution in [2.75, 3.05) is 16.8 Å². The lowest BCUT2D eigenvalue weighted by molar-refractivity contribution is -0.113. The van der Waals surface area contributed by atoms with Crippen molar-refractivity contribution in [3.63, 3.8) is 0 Å². The van der Waals surface area contributed by atoms with Gasteiger partial charge in [-0.25, -0.2) is 9.36 Å². The number of nitrogens with zero attached hydrogens (tertiary/aromatic N) is 3. The molecule has 4 rings (SSSR count). The Balaban J connectivity index is 1.62. The topological polar surface area (TPSA) is 68.5 Å². The molecule has 1 N–H and O–H groups in total. The summed E-state index contributed by atoms with van der Waals surface area (Å²) in [4.78, 5) is 27.5. The third-order valence-electron chi connectivity index (χ3n) is 4.83. The molecule has 2 heterocycles. The number of carbonyl (C=O) groups excluding carboxylic acids is 1. The molecule has 0 aliphatic carbocycles. The molecule has 11 heteroatoms. The first-order valence-electron chi connectivity index (χ1n) is 10.2. The summed E-state index contributed by atoms with van der Waals surface area (Å²) in [5, 5.41) is 3.94. The van der Waals surface area contributed by atoms with Gasteiger partial charge in [-0.05, 0) is 74.6 Å². The van der Waals surface area contributed by atoms with Crippen LogP contribution < -0.4 is 20.5 Å². The third kappa shape index (κ3) is 4.95. The minimum Gasteiger partial charge on any atom is -0.494 e. The second kappa shape index (κ2) is 10.1. The number of hydrogen-bond donors (Lipinski definition) is 1. The molecule has 2 aromatic carbocycles.